The molecule has 0 atom stereocenters. The summed E-state index contributed by atoms with van der Waals surface area (Å²) in [5.41, 5.74) is 2.80. The molecule has 0 radical (unpaired) electrons. The quantitative estimate of drug-likeness (QED) is 0.486. The Morgan fingerprint density at radius 3 is 2.71 bits per heavy atom. The first-order chi connectivity index (χ1) is 10.1. The Hall–Kier alpha value is -2.58. The van der Waals surface area contributed by atoms with E-state index in [1.807, 2.05) is 18.0 Å². The Balaban J connectivity index is 2.45. The van der Waals surface area contributed by atoms with Crippen LogP contribution in [0.15, 0.2) is 42.5 Å². The average Bonchev–Trinajstić information content (AvgIpc) is 2.53. The summed E-state index contributed by atoms with van der Waals surface area (Å²) >= 11 is 5.90. The van der Waals surface area contributed by atoms with Crippen molar-refractivity contribution in [1.29, 1.82) is 5.26 Å². The summed E-state index contributed by atoms with van der Waals surface area (Å²) in [6.45, 7) is 0. The van der Waals surface area contributed by atoms with Crippen LogP contribution in [0.1, 0.15) is 11.1 Å². The lowest BCUT2D eigenvalue weighted by Gasteiger charge is -2.22. The standard InChI is InChI=1S/C15H12ClN3O2/c1-18(13-4-2-3-11(7-13)10-17)15-6-5-14(19(20)21)8-12(15)9-16/h2-8H,9H2,1H3. The van der Waals surface area contributed by atoms with E-state index in [1.54, 1.807) is 24.3 Å². The van der Waals surface area contributed by atoms with Gasteiger partial charge in [-0.1, -0.05) is 6.07 Å². The molecule has 0 heterocycles. The highest BCUT2D eigenvalue weighted by atomic mass is 35.5. The minimum Gasteiger partial charge on any atom is -0.344 e. The zero-order valence-electron chi connectivity index (χ0n) is 11.3. The molecular formula is C15H12ClN3O2. The Morgan fingerprint density at radius 2 is 2.10 bits per heavy atom. The zero-order chi connectivity index (χ0) is 15.4. The van der Waals surface area contributed by atoms with Crippen LogP contribution in [0.4, 0.5) is 17.1 Å². The third kappa shape index (κ3) is 3.12. The van der Waals surface area contributed by atoms with Gasteiger partial charge in [-0.25, -0.2) is 0 Å². The highest BCUT2D eigenvalue weighted by Gasteiger charge is 2.14. The fraction of sp³-hybridized carbons (Fsp3) is 0.133. The van der Waals surface area contributed by atoms with Crippen LogP contribution in [-0.4, -0.2) is 12.0 Å². The first kappa shape index (κ1) is 14.8. The van der Waals surface area contributed by atoms with Gasteiger partial charge in [-0.05, 0) is 29.8 Å². The lowest BCUT2D eigenvalue weighted by molar-refractivity contribution is -0.384. The van der Waals surface area contributed by atoms with Crippen LogP contribution < -0.4 is 4.90 Å². The molecule has 2 aromatic rings. The van der Waals surface area contributed by atoms with Gasteiger partial charge < -0.3 is 4.90 Å². The molecule has 0 spiro atoms. The molecule has 0 unspecified atom stereocenters. The highest BCUT2D eigenvalue weighted by Crippen LogP contribution is 2.31. The lowest BCUT2D eigenvalue weighted by Crippen LogP contribution is -2.11. The van der Waals surface area contributed by atoms with Crippen LogP contribution >= 0.6 is 11.6 Å². The van der Waals surface area contributed by atoms with Crippen molar-refractivity contribution in [2.24, 2.45) is 0 Å². The van der Waals surface area contributed by atoms with E-state index in [0.717, 1.165) is 11.4 Å². The summed E-state index contributed by atoms with van der Waals surface area (Å²) in [6.07, 6.45) is 0. The van der Waals surface area contributed by atoms with E-state index >= 15 is 0 Å². The van der Waals surface area contributed by atoms with Crippen molar-refractivity contribution >= 4 is 28.7 Å². The van der Waals surface area contributed by atoms with E-state index in [-0.39, 0.29) is 11.6 Å². The number of halogens is 1. The maximum Gasteiger partial charge on any atom is 0.269 e. The largest absolute Gasteiger partial charge is 0.344 e. The van der Waals surface area contributed by atoms with E-state index in [1.165, 1.54) is 12.1 Å². The molecule has 21 heavy (non-hydrogen) atoms. The van der Waals surface area contributed by atoms with Crippen molar-refractivity contribution in [3.8, 4) is 6.07 Å². The molecule has 0 amide bonds. The second-order valence-electron chi connectivity index (χ2n) is 4.42. The van der Waals surface area contributed by atoms with Gasteiger partial charge in [-0.2, -0.15) is 5.26 Å². The van der Waals surface area contributed by atoms with E-state index in [0.29, 0.717) is 11.1 Å². The third-order valence-corrected chi connectivity index (χ3v) is 3.43. The van der Waals surface area contributed by atoms with Gasteiger partial charge in [-0.15, -0.1) is 11.6 Å². The topological polar surface area (TPSA) is 70.2 Å². The smallest absolute Gasteiger partial charge is 0.269 e. The van der Waals surface area contributed by atoms with Crippen LogP contribution in [0.2, 0.25) is 0 Å². The van der Waals surface area contributed by atoms with Crippen molar-refractivity contribution in [2.45, 2.75) is 5.88 Å². The van der Waals surface area contributed by atoms with E-state index < -0.39 is 4.92 Å². The number of nitriles is 1. The normalized spacial score (nSPS) is 9.95. The first-order valence-corrected chi connectivity index (χ1v) is 6.67. The summed E-state index contributed by atoms with van der Waals surface area (Å²) < 4.78 is 0. The molecule has 0 aliphatic heterocycles. The molecule has 2 rings (SSSR count). The number of hydrogen-bond donors (Lipinski definition) is 0. The number of non-ortho nitro benzene ring substituents is 1. The minimum absolute atomic E-state index is 0.00794. The number of hydrogen-bond acceptors (Lipinski definition) is 4. The first-order valence-electron chi connectivity index (χ1n) is 6.14. The van der Waals surface area contributed by atoms with Gasteiger partial charge in [0.1, 0.15) is 0 Å². The summed E-state index contributed by atoms with van der Waals surface area (Å²) in [7, 11) is 1.83. The SMILES string of the molecule is CN(c1cccc(C#N)c1)c1ccc([N+](=O)[O-])cc1CCl. The van der Waals surface area contributed by atoms with Gasteiger partial charge in [-0.3, -0.25) is 10.1 Å². The molecule has 5 nitrogen and oxygen atoms in total. The maximum absolute atomic E-state index is 10.8. The molecule has 0 aliphatic rings. The van der Waals surface area contributed by atoms with E-state index in [4.69, 9.17) is 16.9 Å². The van der Waals surface area contributed by atoms with Crippen LogP contribution in [0, 0.1) is 21.4 Å². The van der Waals surface area contributed by atoms with Crippen molar-refractivity contribution in [1.82, 2.24) is 0 Å². The summed E-state index contributed by atoms with van der Waals surface area (Å²) in [6, 6.07) is 13.8. The molecular weight excluding hydrogens is 290 g/mol. The van der Waals surface area contributed by atoms with Crippen LogP contribution in [0.3, 0.4) is 0 Å². The monoisotopic (exact) mass is 301 g/mol. The molecule has 0 fully saturated rings. The van der Waals surface area contributed by atoms with Gasteiger partial charge in [0.25, 0.3) is 5.69 Å². The van der Waals surface area contributed by atoms with E-state index in [9.17, 15) is 10.1 Å². The van der Waals surface area contributed by atoms with Crippen molar-refractivity contribution in [3.05, 3.63) is 63.7 Å². The Kier molecular flexibility index (Phi) is 4.41. The second-order valence-corrected chi connectivity index (χ2v) is 4.69. The average molecular weight is 302 g/mol. The minimum atomic E-state index is -0.448. The number of anilines is 2. The second kappa shape index (κ2) is 6.25. The predicted molar refractivity (Wildman–Crippen MR) is 81.9 cm³/mol. The molecule has 0 N–H and O–H groups in total. The van der Waals surface area contributed by atoms with Crippen LogP contribution in [0.25, 0.3) is 0 Å². The number of nitro benzene ring substituents is 1. The van der Waals surface area contributed by atoms with Gasteiger partial charge in [0.15, 0.2) is 0 Å². The Bertz CT molecular complexity index is 725. The van der Waals surface area contributed by atoms with Gasteiger partial charge >= 0.3 is 0 Å². The van der Waals surface area contributed by atoms with Gasteiger partial charge in [0, 0.05) is 36.4 Å². The summed E-state index contributed by atoms with van der Waals surface area (Å²) in [5.74, 6) is 0.166. The maximum atomic E-state index is 10.8. The fourth-order valence-electron chi connectivity index (χ4n) is 2.04. The van der Waals surface area contributed by atoms with Crippen molar-refractivity contribution in [3.63, 3.8) is 0 Å². The van der Waals surface area contributed by atoms with Crippen molar-refractivity contribution < 1.29 is 4.92 Å². The summed E-state index contributed by atoms with van der Waals surface area (Å²) in [5, 5.41) is 19.8. The highest BCUT2D eigenvalue weighted by molar-refractivity contribution is 6.17. The molecule has 0 aromatic heterocycles. The number of benzene rings is 2. The Labute approximate surface area is 127 Å². The zero-order valence-corrected chi connectivity index (χ0v) is 12.0. The number of nitrogens with zero attached hydrogens (tertiary/aromatic N) is 3. The Morgan fingerprint density at radius 1 is 1.33 bits per heavy atom. The molecule has 6 heteroatoms. The number of rotatable bonds is 4. The predicted octanol–water partition coefficient (Wildman–Crippen LogP) is 3.97. The van der Waals surface area contributed by atoms with Crippen molar-refractivity contribution in [2.75, 3.05) is 11.9 Å². The summed E-state index contributed by atoms with van der Waals surface area (Å²) in [4.78, 5) is 12.2. The molecule has 106 valence electrons. The fourth-order valence-corrected chi connectivity index (χ4v) is 2.26. The van der Waals surface area contributed by atoms with Crippen LogP contribution in [-0.2, 0) is 5.88 Å². The molecule has 0 aliphatic carbocycles. The lowest BCUT2D eigenvalue weighted by atomic mass is 10.1. The third-order valence-electron chi connectivity index (χ3n) is 3.14. The number of nitro groups is 1. The molecule has 0 saturated carbocycles. The van der Waals surface area contributed by atoms with Gasteiger partial charge in [0.05, 0.1) is 16.6 Å². The van der Waals surface area contributed by atoms with Crippen LogP contribution in [0.5, 0.6) is 0 Å². The molecule has 2 aromatic carbocycles. The molecule has 0 saturated heterocycles. The number of alkyl halides is 1. The molecule has 0 bridgehead atoms. The van der Waals surface area contributed by atoms with Gasteiger partial charge in [0.2, 0.25) is 0 Å². The van der Waals surface area contributed by atoms with E-state index in [2.05, 4.69) is 6.07 Å².